The minimum absolute atomic E-state index is 0.00268. The molecule has 5 atom stereocenters. The highest BCUT2D eigenvalue weighted by Crippen LogP contribution is 2.46. The molecule has 2 saturated carbocycles. The second-order valence-electron chi connectivity index (χ2n) is 17.0. The number of fused-ring (bicyclic) bond motifs is 5. The quantitative estimate of drug-likeness (QED) is 0.121. The molecule has 4 heterocycles. The lowest BCUT2D eigenvalue weighted by Crippen LogP contribution is -2.57. The number of nitrogens with one attached hydrogen (secondary N) is 3. The summed E-state index contributed by atoms with van der Waals surface area (Å²) in [6.07, 6.45) is 7.89. The highest BCUT2D eigenvalue weighted by atomic mass is 32.2. The summed E-state index contributed by atoms with van der Waals surface area (Å²) in [6, 6.07) is 19.4. The van der Waals surface area contributed by atoms with Gasteiger partial charge in [0.25, 0.3) is 5.91 Å². The Labute approximate surface area is 363 Å². The van der Waals surface area contributed by atoms with Gasteiger partial charge in [0.2, 0.25) is 27.7 Å². The number of amides is 3. The van der Waals surface area contributed by atoms with Crippen LogP contribution in [0.2, 0.25) is 0 Å². The zero-order chi connectivity index (χ0) is 43.2. The number of anilines is 1. The fourth-order valence-corrected chi connectivity index (χ4v) is 10.9. The summed E-state index contributed by atoms with van der Waals surface area (Å²) in [7, 11) is -3.91. The first kappa shape index (κ1) is 41.7. The van der Waals surface area contributed by atoms with E-state index in [1.54, 1.807) is 12.1 Å². The third-order valence-electron chi connectivity index (χ3n) is 12.0. The normalized spacial score (nSPS) is 25.0. The van der Waals surface area contributed by atoms with Crippen molar-refractivity contribution in [3.05, 3.63) is 90.8 Å². The average molecular weight is 881 g/mol. The van der Waals surface area contributed by atoms with Gasteiger partial charge in [-0.05, 0) is 107 Å². The smallest absolute Gasteiger partial charge is 0.259 e. The maximum Gasteiger partial charge on any atom is 0.259 e. The lowest BCUT2D eigenvalue weighted by atomic mass is 10.0. The summed E-state index contributed by atoms with van der Waals surface area (Å²) in [5.41, 5.74) is 0.499. The molecule has 0 unspecified atom stereocenters. The van der Waals surface area contributed by atoms with E-state index in [4.69, 9.17) is 19.4 Å². The van der Waals surface area contributed by atoms with Crippen LogP contribution < -0.4 is 24.8 Å². The molecule has 0 bridgehead atoms. The molecule has 3 amide bonds. The van der Waals surface area contributed by atoms with Crippen LogP contribution in [-0.2, 0) is 24.4 Å². The van der Waals surface area contributed by atoms with Crippen LogP contribution in [0.3, 0.4) is 0 Å². The van der Waals surface area contributed by atoms with E-state index in [0.717, 1.165) is 34.9 Å². The van der Waals surface area contributed by atoms with E-state index in [2.05, 4.69) is 15.4 Å². The minimum atomic E-state index is -3.91. The van der Waals surface area contributed by atoms with Gasteiger partial charge in [-0.3, -0.25) is 19.1 Å². The van der Waals surface area contributed by atoms with Gasteiger partial charge in [-0.2, -0.15) is 4.98 Å². The second kappa shape index (κ2) is 16.9. The van der Waals surface area contributed by atoms with Crippen LogP contribution in [0, 0.1) is 11.7 Å². The molecule has 0 radical (unpaired) electrons. The molecule has 2 aliphatic carbocycles. The van der Waals surface area contributed by atoms with Gasteiger partial charge >= 0.3 is 0 Å². The van der Waals surface area contributed by atoms with E-state index < -0.39 is 62.5 Å². The van der Waals surface area contributed by atoms with Crippen molar-refractivity contribution in [1.29, 1.82) is 0 Å². The molecular formula is C46H49FN6O7S2. The Balaban J connectivity index is 1.07. The van der Waals surface area contributed by atoms with Crippen LogP contribution in [0.25, 0.3) is 31.7 Å². The molecule has 9 rings (SSSR count). The zero-order valence-electron chi connectivity index (χ0n) is 34.5. The average Bonchev–Trinajstić information content (AvgIpc) is 4.15. The third-order valence-corrected chi connectivity index (χ3v) is 14.9. The van der Waals surface area contributed by atoms with Crippen LogP contribution in [0.5, 0.6) is 11.6 Å². The van der Waals surface area contributed by atoms with Crippen LogP contribution in [0.15, 0.2) is 84.9 Å². The Morgan fingerprint density at radius 3 is 2.52 bits per heavy atom. The maximum atomic E-state index is 14.9. The van der Waals surface area contributed by atoms with Crippen molar-refractivity contribution in [1.82, 2.24) is 24.9 Å². The van der Waals surface area contributed by atoms with Crippen molar-refractivity contribution in [2.45, 2.75) is 107 Å². The SMILES string of the molecule is CC(C)Oc1ccc(-c2nc(O[C@@H]3C[C@H]4C(=O)N[C@]5(C(=O)NS(=O)(=O)C6CC6)C[C@H]5/C=C\CCCCC[C@H](Nc5ccc(F)cc5)C(=O)N4C3)c3sc4ccccc4c3n2)cc1. The lowest BCUT2D eigenvalue weighted by molar-refractivity contribution is -0.140. The highest BCUT2D eigenvalue weighted by Gasteiger charge is 2.62. The lowest BCUT2D eigenvalue weighted by Gasteiger charge is -2.30. The molecule has 62 heavy (non-hydrogen) atoms. The molecule has 2 aliphatic heterocycles. The molecule has 324 valence electrons. The van der Waals surface area contributed by atoms with Gasteiger partial charge < -0.3 is 25.0 Å². The van der Waals surface area contributed by atoms with Crippen molar-refractivity contribution < 1.29 is 36.7 Å². The van der Waals surface area contributed by atoms with Crippen LogP contribution >= 0.6 is 11.3 Å². The van der Waals surface area contributed by atoms with Crippen LogP contribution in [0.1, 0.15) is 71.6 Å². The molecule has 13 nitrogen and oxygen atoms in total. The molecule has 1 saturated heterocycles. The summed E-state index contributed by atoms with van der Waals surface area (Å²) >= 11 is 1.49. The number of ether oxygens (including phenoxy) is 2. The summed E-state index contributed by atoms with van der Waals surface area (Å²) in [5.74, 6) is -1.10. The Morgan fingerprint density at radius 1 is 0.984 bits per heavy atom. The largest absolute Gasteiger partial charge is 0.491 e. The predicted molar refractivity (Wildman–Crippen MR) is 236 cm³/mol. The first-order chi connectivity index (χ1) is 29.9. The van der Waals surface area contributed by atoms with E-state index in [1.165, 1.54) is 28.4 Å². The topological polar surface area (TPSA) is 169 Å². The molecule has 2 aromatic heterocycles. The molecular weight excluding hydrogens is 832 g/mol. The van der Waals surface area contributed by atoms with Crippen molar-refractivity contribution >= 4 is 65.1 Å². The van der Waals surface area contributed by atoms with Crippen LogP contribution in [0.4, 0.5) is 10.1 Å². The molecule has 5 aromatic rings. The number of sulfonamides is 1. The molecule has 0 spiro atoms. The van der Waals surface area contributed by atoms with E-state index in [9.17, 15) is 27.2 Å². The summed E-state index contributed by atoms with van der Waals surface area (Å²) < 4.78 is 56.5. The molecule has 3 fully saturated rings. The van der Waals surface area contributed by atoms with Gasteiger partial charge in [0, 0.05) is 33.7 Å². The van der Waals surface area contributed by atoms with Gasteiger partial charge in [-0.25, -0.2) is 17.8 Å². The van der Waals surface area contributed by atoms with Crippen molar-refractivity contribution in [2.75, 3.05) is 11.9 Å². The molecule has 3 aromatic carbocycles. The van der Waals surface area contributed by atoms with Gasteiger partial charge in [-0.15, -0.1) is 11.3 Å². The zero-order valence-corrected chi connectivity index (χ0v) is 36.1. The third kappa shape index (κ3) is 8.71. The van der Waals surface area contributed by atoms with Crippen molar-refractivity contribution in [3.63, 3.8) is 0 Å². The number of benzene rings is 3. The summed E-state index contributed by atoms with van der Waals surface area (Å²) in [4.78, 5) is 54.9. The summed E-state index contributed by atoms with van der Waals surface area (Å²) in [6.45, 7) is 3.94. The number of carbonyl (C=O) groups is 3. The van der Waals surface area contributed by atoms with Crippen LogP contribution in [-0.4, -0.2) is 82.6 Å². The van der Waals surface area contributed by atoms with Gasteiger partial charge in [0.15, 0.2) is 5.82 Å². The van der Waals surface area contributed by atoms with Crippen molar-refractivity contribution in [2.24, 2.45) is 5.92 Å². The minimum Gasteiger partial charge on any atom is -0.491 e. The Morgan fingerprint density at radius 2 is 1.76 bits per heavy atom. The number of nitrogens with zero attached hydrogens (tertiary/aromatic N) is 3. The van der Waals surface area contributed by atoms with Crippen molar-refractivity contribution in [3.8, 4) is 23.0 Å². The van der Waals surface area contributed by atoms with E-state index in [1.807, 2.05) is 74.5 Å². The number of aromatic nitrogens is 2. The first-order valence-electron chi connectivity index (χ1n) is 21.4. The molecule has 16 heteroatoms. The van der Waals surface area contributed by atoms with Gasteiger partial charge in [0.05, 0.1) is 23.4 Å². The number of rotatable bonds is 10. The number of thiophene rings is 1. The van der Waals surface area contributed by atoms with E-state index >= 15 is 0 Å². The van der Waals surface area contributed by atoms with Gasteiger partial charge in [-0.1, -0.05) is 43.2 Å². The number of halogens is 1. The Hall–Kier alpha value is -5.61. The van der Waals surface area contributed by atoms with E-state index in [-0.39, 0.29) is 31.4 Å². The fraction of sp³-hybridized carbons (Fsp3) is 0.413. The monoisotopic (exact) mass is 880 g/mol. The Bertz CT molecular complexity index is 2650. The first-order valence-corrected chi connectivity index (χ1v) is 23.7. The standard InChI is InChI=1S/C46H49FN6O7S2/c1-27(2)59-32-20-14-28(15-21-32)41-49-39-35-11-8-9-13-38(35)61-40(39)43(50-41)60-33-24-37-42(54)51-46(45(56)52-62(57,58)34-22-23-34)25-29(46)10-6-4-3-5-7-12-36(44(55)53(37)26-33)48-31-18-16-30(47)17-19-31/h6,8-11,13-21,27,29,33-34,36-37,48H,3-5,7,12,22-26H2,1-2H3,(H,51,54)(H,52,56)/b10-6-/t29-,33-,36+,37+,46-/m1/s1. The van der Waals surface area contributed by atoms with Gasteiger partial charge in [0.1, 0.15) is 40.0 Å². The fourth-order valence-electron chi connectivity index (χ4n) is 8.48. The Kier molecular flexibility index (Phi) is 11.4. The second-order valence-corrected chi connectivity index (χ2v) is 20.0. The summed E-state index contributed by atoms with van der Waals surface area (Å²) in [5, 5.41) is 6.55. The maximum absolute atomic E-state index is 14.9. The number of hydrogen-bond donors (Lipinski definition) is 3. The molecule has 4 aliphatic rings. The molecule has 3 N–H and O–H groups in total. The number of allylic oxidation sites excluding steroid dienone is 1. The number of carbonyl (C=O) groups excluding carboxylic acids is 3. The number of hydrogen-bond acceptors (Lipinski definition) is 11. The highest BCUT2D eigenvalue weighted by molar-refractivity contribution is 7.91. The van der Waals surface area contributed by atoms with E-state index in [0.29, 0.717) is 59.0 Å². The predicted octanol–water partition coefficient (Wildman–Crippen LogP) is 7.27.